The average Bonchev–Trinajstić information content (AvgIpc) is 2.66. The molecule has 2 aromatic rings. The Bertz CT molecular complexity index is 1010. The van der Waals surface area contributed by atoms with Crippen molar-refractivity contribution in [2.75, 3.05) is 12.4 Å². The number of aliphatic hydroxyl groups is 1. The molecule has 0 saturated carbocycles. The topological polar surface area (TPSA) is 122 Å². The lowest BCUT2D eigenvalue weighted by Crippen LogP contribution is -2.50. The van der Waals surface area contributed by atoms with E-state index in [4.69, 9.17) is 14.9 Å². The van der Waals surface area contributed by atoms with Gasteiger partial charge < -0.3 is 25.0 Å². The van der Waals surface area contributed by atoms with Crippen molar-refractivity contribution in [3.05, 3.63) is 48.5 Å². The zero-order valence-electron chi connectivity index (χ0n) is 16.9. The van der Waals surface area contributed by atoms with Gasteiger partial charge in [-0.1, -0.05) is 0 Å². The molecule has 2 aromatic carbocycles. The highest BCUT2D eigenvalue weighted by atomic mass is 32.2. The van der Waals surface area contributed by atoms with E-state index in [1.165, 1.54) is 43.3 Å². The lowest BCUT2D eigenvalue weighted by atomic mass is 9.99. The van der Waals surface area contributed by atoms with Crippen LogP contribution >= 0.6 is 0 Å². The largest absolute Gasteiger partial charge is 0.573 e. The van der Waals surface area contributed by atoms with Gasteiger partial charge in [-0.05, 0) is 68.3 Å². The summed E-state index contributed by atoms with van der Waals surface area (Å²) in [6.45, 7) is 1.23. The van der Waals surface area contributed by atoms with Gasteiger partial charge in [0.15, 0.2) is 9.84 Å². The van der Waals surface area contributed by atoms with E-state index >= 15 is 0 Å². The molecular weight excluding hydrogens is 455 g/mol. The Morgan fingerprint density at radius 3 is 1.97 bits per heavy atom. The van der Waals surface area contributed by atoms with Crippen LogP contribution in [-0.2, 0) is 9.84 Å². The highest BCUT2D eigenvalue weighted by Gasteiger charge is 2.33. The Morgan fingerprint density at radius 1 is 1.00 bits per heavy atom. The zero-order chi connectivity index (χ0) is 24.0. The number of alkyl halides is 3. The summed E-state index contributed by atoms with van der Waals surface area (Å²) in [5.41, 5.74) is -1.30. The average molecular weight is 477 g/mol. The van der Waals surface area contributed by atoms with Gasteiger partial charge in [-0.25, -0.2) is 13.2 Å². The molecule has 0 bridgehead atoms. The third-order valence-corrected chi connectivity index (χ3v) is 6.29. The molecule has 1 atom stereocenters. The van der Waals surface area contributed by atoms with Gasteiger partial charge >= 0.3 is 12.5 Å². The first-order valence-corrected chi connectivity index (χ1v) is 11.0. The quantitative estimate of drug-likeness (QED) is 0.474. The van der Waals surface area contributed by atoms with Crippen LogP contribution in [-0.4, -0.2) is 49.0 Å². The smallest absolute Gasteiger partial charge is 0.465 e. The highest BCUT2D eigenvalue weighted by Crippen LogP contribution is 2.28. The molecule has 3 N–H and O–H groups in total. The summed E-state index contributed by atoms with van der Waals surface area (Å²) in [6.07, 6.45) is -5.86. The van der Waals surface area contributed by atoms with Gasteiger partial charge in [0.25, 0.3) is 0 Å². The van der Waals surface area contributed by atoms with Gasteiger partial charge in [-0.2, -0.15) is 0 Å². The standard InChI is InChI=1S/C20H22F3NO7S/c1-19(11-2-12-25,24-18(26)27)13-32(28,29)17-9-7-15(8-10-17)30-14-3-5-16(6-4-14)31-20(21,22)23/h3-10,24-25H,2,11-13H2,1H3,(H,26,27). The molecule has 0 saturated heterocycles. The molecule has 1 unspecified atom stereocenters. The Kier molecular flexibility index (Phi) is 7.97. The van der Waals surface area contributed by atoms with Crippen molar-refractivity contribution in [1.82, 2.24) is 5.32 Å². The minimum absolute atomic E-state index is 0.0683. The Morgan fingerprint density at radius 2 is 1.50 bits per heavy atom. The van der Waals surface area contributed by atoms with E-state index in [0.29, 0.717) is 0 Å². The summed E-state index contributed by atoms with van der Waals surface area (Å²) < 4.78 is 71.4. The maximum Gasteiger partial charge on any atom is 0.573 e. The van der Waals surface area contributed by atoms with E-state index in [1.807, 2.05) is 0 Å². The number of aliphatic hydroxyl groups excluding tert-OH is 1. The molecule has 12 heteroatoms. The fourth-order valence-electron chi connectivity index (χ4n) is 2.96. The molecule has 176 valence electrons. The maximum absolute atomic E-state index is 12.8. The molecule has 0 aliphatic rings. The van der Waals surface area contributed by atoms with Gasteiger partial charge in [-0.3, -0.25) is 0 Å². The SMILES string of the molecule is CC(CCCO)(CS(=O)(=O)c1ccc(Oc2ccc(OC(F)(F)F)cc2)cc1)NC(=O)O. The molecular formula is C20H22F3NO7S. The second-order valence-electron chi connectivity index (χ2n) is 7.17. The van der Waals surface area contributed by atoms with Gasteiger partial charge in [0.1, 0.15) is 17.2 Å². The van der Waals surface area contributed by atoms with Crippen molar-refractivity contribution in [3.8, 4) is 17.2 Å². The molecule has 32 heavy (non-hydrogen) atoms. The number of benzene rings is 2. The molecule has 0 aliphatic heterocycles. The molecule has 0 spiro atoms. The minimum Gasteiger partial charge on any atom is -0.465 e. The van der Waals surface area contributed by atoms with Crippen molar-refractivity contribution < 1.29 is 46.1 Å². The molecule has 0 fully saturated rings. The van der Waals surface area contributed by atoms with E-state index in [2.05, 4.69) is 10.1 Å². The van der Waals surface area contributed by atoms with E-state index in [-0.39, 0.29) is 35.8 Å². The lowest BCUT2D eigenvalue weighted by molar-refractivity contribution is -0.274. The van der Waals surface area contributed by atoms with Crippen molar-refractivity contribution in [2.24, 2.45) is 0 Å². The minimum atomic E-state index is -4.81. The monoisotopic (exact) mass is 477 g/mol. The Hall–Kier alpha value is -2.99. The summed E-state index contributed by atoms with van der Waals surface area (Å²) in [7, 11) is -3.89. The molecule has 0 radical (unpaired) electrons. The zero-order valence-corrected chi connectivity index (χ0v) is 17.7. The number of halogens is 3. The fraction of sp³-hybridized carbons (Fsp3) is 0.350. The number of ether oxygens (including phenoxy) is 2. The number of carbonyl (C=O) groups is 1. The van der Waals surface area contributed by atoms with E-state index in [1.54, 1.807) is 0 Å². The summed E-state index contributed by atoms with van der Waals surface area (Å²) >= 11 is 0. The Balaban J connectivity index is 2.10. The second-order valence-corrected chi connectivity index (χ2v) is 9.16. The molecule has 2 rings (SSSR count). The predicted octanol–water partition coefficient (Wildman–Crippen LogP) is 3.95. The second kappa shape index (κ2) is 10.1. The number of hydrogen-bond acceptors (Lipinski definition) is 6. The highest BCUT2D eigenvalue weighted by molar-refractivity contribution is 7.91. The number of amides is 1. The van der Waals surface area contributed by atoms with Gasteiger partial charge in [-0.15, -0.1) is 13.2 Å². The number of rotatable bonds is 10. The van der Waals surface area contributed by atoms with Crippen molar-refractivity contribution in [1.29, 1.82) is 0 Å². The summed E-state index contributed by atoms with van der Waals surface area (Å²) in [5.74, 6) is -0.490. The van der Waals surface area contributed by atoms with Crippen LogP contribution in [0, 0.1) is 0 Å². The first-order chi connectivity index (χ1) is 14.8. The van der Waals surface area contributed by atoms with Crippen molar-refractivity contribution in [2.45, 2.75) is 36.6 Å². The van der Waals surface area contributed by atoms with Gasteiger partial charge in [0.2, 0.25) is 0 Å². The van der Waals surface area contributed by atoms with Gasteiger partial charge in [0, 0.05) is 6.61 Å². The fourth-order valence-corrected chi connectivity index (χ4v) is 4.73. The van der Waals surface area contributed by atoms with Crippen molar-refractivity contribution >= 4 is 15.9 Å². The molecule has 0 aliphatic carbocycles. The van der Waals surface area contributed by atoms with Crippen LogP contribution in [0.4, 0.5) is 18.0 Å². The lowest BCUT2D eigenvalue weighted by Gasteiger charge is -2.29. The predicted molar refractivity (Wildman–Crippen MR) is 108 cm³/mol. The Labute approximate surface area is 182 Å². The van der Waals surface area contributed by atoms with Crippen LogP contribution < -0.4 is 14.8 Å². The van der Waals surface area contributed by atoms with Crippen LogP contribution in [0.2, 0.25) is 0 Å². The van der Waals surface area contributed by atoms with E-state index < -0.39 is 39.3 Å². The molecule has 0 aromatic heterocycles. The molecule has 0 heterocycles. The summed E-state index contributed by atoms with van der Waals surface area (Å²) in [4.78, 5) is 11.0. The molecule has 8 nitrogen and oxygen atoms in total. The van der Waals surface area contributed by atoms with Crippen LogP contribution in [0.3, 0.4) is 0 Å². The van der Waals surface area contributed by atoms with E-state index in [0.717, 1.165) is 12.1 Å². The normalized spacial score (nSPS) is 13.8. The van der Waals surface area contributed by atoms with Gasteiger partial charge in [0.05, 0.1) is 16.2 Å². The summed E-state index contributed by atoms with van der Waals surface area (Å²) in [6, 6.07) is 9.95. The third-order valence-electron chi connectivity index (χ3n) is 4.28. The first-order valence-electron chi connectivity index (χ1n) is 9.30. The van der Waals surface area contributed by atoms with Crippen LogP contribution in [0.1, 0.15) is 19.8 Å². The van der Waals surface area contributed by atoms with Crippen LogP contribution in [0.15, 0.2) is 53.4 Å². The maximum atomic E-state index is 12.8. The van der Waals surface area contributed by atoms with Crippen LogP contribution in [0.25, 0.3) is 0 Å². The van der Waals surface area contributed by atoms with E-state index in [9.17, 15) is 26.4 Å². The number of sulfone groups is 1. The summed E-state index contributed by atoms with van der Waals surface area (Å²) in [5, 5.41) is 20.2. The molecule has 1 amide bonds. The van der Waals surface area contributed by atoms with Crippen LogP contribution in [0.5, 0.6) is 17.2 Å². The number of nitrogens with one attached hydrogen (secondary N) is 1. The number of carboxylic acid groups (broad SMARTS) is 1. The number of hydrogen-bond donors (Lipinski definition) is 3. The third kappa shape index (κ3) is 7.93. The van der Waals surface area contributed by atoms with Crippen molar-refractivity contribution in [3.63, 3.8) is 0 Å². The first kappa shape index (κ1) is 25.3.